The molecule has 1 aromatic carbocycles. The van der Waals surface area contributed by atoms with Crippen LogP contribution in [0.4, 0.5) is 5.69 Å². The minimum atomic E-state index is -0.126. The van der Waals surface area contributed by atoms with Crippen LogP contribution in [0, 0.1) is 0 Å². The van der Waals surface area contributed by atoms with Gasteiger partial charge in [0.1, 0.15) is 5.75 Å². The van der Waals surface area contributed by atoms with Gasteiger partial charge in [-0.25, -0.2) is 0 Å². The maximum Gasteiger partial charge on any atom is 0.227 e. The molecule has 5 nitrogen and oxygen atoms in total. The van der Waals surface area contributed by atoms with Gasteiger partial charge < -0.3 is 10.1 Å². The molecule has 2 N–H and O–H groups in total. The number of aromatic nitrogens is 2. The van der Waals surface area contributed by atoms with Crippen LogP contribution in [0.1, 0.15) is 6.42 Å². The molecule has 0 bridgehead atoms. The van der Waals surface area contributed by atoms with Crippen molar-refractivity contribution < 1.29 is 9.53 Å². The Bertz CT molecular complexity index is 514. The van der Waals surface area contributed by atoms with E-state index in [1.165, 1.54) is 6.20 Å². The van der Waals surface area contributed by atoms with Gasteiger partial charge in [-0.1, -0.05) is 17.7 Å². The van der Waals surface area contributed by atoms with E-state index in [2.05, 4.69) is 15.5 Å². The topological polar surface area (TPSA) is 67.0 Å². The zero-order chi connectivity index (χ0) is 12.8. The third kappa shape index (κ3) is 3.78. The molecule has 0 aliphatic carbocycles. The van der Waals surface area contributed by atoms with Crippen molar-refractivity contribution in [3.05, 3.63) is 41.7 Å². The summed E-state index contributed by atoms with van der Waals surface area (Å²) >= 11 is 5.81. The third-order valence-electron chi connectivity index (χ3n) is 2.18. The molecule has 0 radical (unpaired) electrons. The lowest BCUT2D eigenvalue weighted by molar-refractivity contribution is -0.116. The number of H-pyrrole nitrogens is 1. The average Bonchev–Trinajstić information content (AvgIpc) is 2.82. The van der Waals surface area contributed by atoms with E-state index in [0.717, 1.165) is 0 Å². The number of nitrogens with one attached hydrogen (secondary N) is 2. The number of carbonyl (C=O) groups is 1. The van der Waals surface area contributed by atoms with E-state index < -0.39 is 0 Å². The fourth-order valence-electron chi connectivity index (χ4n) is 1.36. The Labute approximate surface area is 109 Å². The van der Waals surface area contributed by atoms with Crippen molar-refractivity contribution in [3.8, 4) is 5.75 Å². The monoisotopic (exact) mass is 265 g/mol. The minimum Gasteiger partial charge on any atom is -0.493 e. The molecule has 0 aliphatic heterocycles. The molecule has 0 spiro atoms. The molecule has 0 saturated carbocycles. The summed E-state index contributed by atoms with van der Waals surface area (Å²) in [7, 11) is 0. The second-order valence-corrected chi connectivity index (χ2v) is 4.03. The van der Waals surface area contributed by atoms with Crippen LogP contribution in [0.25, 0.3) is 0 Å². The molecule has 0 saturated heterocycles. The maximum atomic E-state index is 11.5. The number of carbonyl (C=O) groups excluding carboxylic acids is 1. The summed E-state index contributed by atoms with van der Waals surface area (Å²) in [5.41, 5.74) is 0.641. The first-order valence-electron chi connectivity index (χ1n) is 5.41. The molecule has 1 aromatic heterocycles. The van der Waals surface area contributed by atoms with Gasteiger partial charge in [0.15, 0.2) is 0 Å². The fraction of sp³-hybridized carbons (Fsp3) is 0.167. The summed E-state index contributed by atoms with van der Waals surface area (Å²) < 4.78 is 5.41. The number of hydrogen-bond donors (Lipinski definition) is 2. The lowest BCUT2D eigenvalue weighted by Gasteiger charge is -2.06. The summed E-state index contributed by atoms with van der Waals surface area (Å²) in [6.07, 6.45) is 3.41. The van der Waals surface area contributed by atoms with Crippen molar-refractivity contribution in [1.29, 1.82) is 0 Å². The number of benzene rings is 1. The molecule has 0 aliphatic rings. The zero-order valence-electron chi connectivity index (χ0n) is 9.52. The predicted octanol–water partition coefficient (Wildman–Crippen LogP) is 2.47. The molecule has 1 amide bonds. The van der Waals surface area contributed by atoms with Gasteiger partial charge in [-0.05, 0) is 18.2 Å². The molecular formula is C12H12ClN3O2. The normalized spacial score (nSPS) is 10.1. The lowest BCUT2D eigenvalue weighted by Crippen LogP contribution is -2.14. The standard InChI is InChI=1S/C12H12ClN3O2/c13-9-2-1-3-11(6-9)18-5-4-12(17)16-10-7-14-15-8-10/h1-3,6-8H,4-5H2,(H,14,15)(H,16,17). The summed E-state index contributed by atoms with van der Waals surface area (Å²) in [4.78, 5) is 11.5. The summed E-state index contributed by atoms with van der Waals surface area (Å²) in [6.45, 7) is 0.296. The number of anilines is 1. The number of halogens is 1. The number of rotatable bonds is 5. The highest BCUT2D eigenvalue weighted by atomic mass is 35.5. The van der Waals surface area contributed by atoms with Gasteiger partial charge in [0.05, 0.1) is 24.9 Å². The average molecular weight is 266 g/mol. The van der Waals surface area contributed by atoms with E-state index >= 15 is 0 Å². The van der Waals surface area contributed by atoms with Gasteiger partial charge in [0.25, 0.3) is 0 Å². The molecular weight excluding hydrogens is 254 g/mol. The highest BCUT2D eigenvalue weighted by Crippen LogP contribution is 2.17. The fourth-order valence-corrected chi connectivity index (χ4v) is 1.54. The lowest BCUT2D eigenvalue weighted by atomic mass is 10.3. The first-order valence-corrected chi connectivity index (χ1v) is 5.79. The molecule has 0 unspecified atom stereocenters. The number of hydrogen-bond acceptors (Lipinski definition) is 3. The second-order valence-electron chi connectivity index (χ2n) is 3.59. The Morgan fingerprint density at radius 3 is 3.11 bits per heavy atom. The van der Waals surface area contributed by atoms with Crippen molar-refractivity contribution in [2.24, 2.45) is 0 Å². The van der Waals surface area contributed by atoms with E-state index in [4.69, 9.17) is 16.3 Å². The highest BCUT2D eigenvalue weighted by Gasteiger charge is 2.03. The Kier molecular flexibility index (Phi) is 4.20. The number of aromatic amines is 1. The van der Waals surface area contributed by atoms with Gasteiger partial charge in [0, 0.05) is 11.2 Å². The van der Waals surface area contributed by atoms with Gasteiger partial charge in [-0.2, -0.15) is 5.10 Å². The van der Waals surface area contributed by atoms with Crippen LogP contribution in [-0.2, 0) is 4.79 Å². The Balaban J connectivity index is 1.73. The molecule has 18 heavy (non-hydrogen) atoms. The van der Waals surface area contributed by atoms with E-state index in [9.17, 15) is 4.79 Å². The zero-order valence-corrected chi connectivity index (χ0v) is 10.3. The molecule has 1 heterocycles. The van der Waals surface area contributed by atoms with Gasteiger partial charge in [-0.3, -0.25) is 9.89 Å². The largest absolute Gasteiger partial charge is 0.493 e. The van der Waals surface area contributed by atoms with Gasteiger partial charge in [0.2, 0.25) is 5.91 Å². The molecule has 6 heteroatoms. The van der Waals surface area contributed by atoms with Crippen LogP contribution >= 0.6 is 11.6 Å². The quantitative estimate of drug-likeness (QED) is 0.873. The van der Waals surface area contributed by atoms with Crippen LogP contribution in [-0.4, -0.2) is 22.7 Å². The highest BCUT2D eigenvalue weighted by molar-refractivity contribution is 6.30. The third-order valence-corrected chi connectivity index (χ3v) is 2.41. The van der Waals surface area contributed by atoms with Gasteiger partial charge in [-0.15, -0.1) is 0 Å². The van der Waals surface area contributed by atoms with Crippen molar-refractivity contribution >= 4 is 23.2 Å². The van der Waals surface area contributed by atoms with Gasteiger partial charge >= 0.3 is 0 Å². The summed E-state index contributed by atoms with van der Waals surface area (Å²) in [6, 6.07) is 7.05. The van der Waals surface area contributed by atoms with Crippen LogP contribution in [0.5, 0.6) is 5.75 Å². The van der Waals surface area contributed by atoms with Crippen molar-refractivity contribution in [2.75, 3.05) is 11.9 Å². The maximum absolute atomic E-state index is 11.5. The SMILES string of the molecule is O=C(CCOc1cccc(Cl)c1)Nc1cn[nH]c1. The van der Waals surface area contributed by atoms with Crippen LogP contribution in [0.15, 0.2) is 36.7 Å². The smallest absolute Gasteiger partial charge is 0.227 e. The molecule has 0 fully saturated rings. The number of ether oxygens (including phenoxy) is 1. The Morgan fingerprint density at radius 1 is 1.50 bits per heavy atom. The van der Waals surface area contributed by atoms with E-state index in [-0.39, 0.29) is 12.3 Å². The molecule has 2 rings (SSSR count). The van der Waals surface area contributed by atoms with Crippen LogP contribution in [0.2, 0.25) is 5.02 Å². The molecule has 94 valence electrons. The predicted molar refractivity (Wildman–Crippen MR) is 68.8 cm³/mol. The molecule has 2 aromatic rings. The van der Waals surface area contributed by atoms with Crippen molar-refractivity contribution in [1.82, 2.24) is 10.2 Å². The van der Waals surface area contributed by atoms with E-state index in [1.54, 1.807) is 30.5 Å². The van der Waals surface area contributed by atoms with Crippen LogP contribution in [0.3, 0.4) is 0 Å². The first-order chi connectivity index (χ1) is 8.74. The number of nitrogens with zero attached hydrogens (tertiary/aromatic N) is 1. The number of amides is 1. The van der Waals surface area contributed by atoms with E-state index in [1.807, 2.05) is 0 Å². The van der Waals surface area contributed by atoms with Crippen molar-refractivity contribution in [3.63, 3.8) is 0 Å². The van der Waals surface area contributed by atoms with Crippen LogP contribution < -0.4 is 10.1 Å². The van der Waals surface area contributed by atoms with E-state index in [0.29, 0.717) is 23.1 Å². The Hall–Kier alpha value is -2.01. The summed E-state index contributed by atoms with van der Waals surface area (Å²) in [5.74, 6) is 0.525. The molecule has 0 atom stereocenters. The summed E-state index contributed by atoms with van der Waals surface area (Å²) in [5, 5.41) is 9.63. The first kappa shape index (κ1) is 12.4. The van der Waals surface area contributed by atoms with Crippen molar-refractivity contribution in [2.45, 2.75) is 6.42 Å². The Morgan fingerprint density at radius 2 is 2.39 bits per heavy atom. The second kappa shape index (κ2) is 6.07. The minimum absolute atomic E-state index is 0.126.